The van der Waals surface area contributed by atoms with Crippen molar-refractivity contribution < 1.29 is 28.9 Å². The zero-order valence-corrected chi connectivity index (χ0v) is 19.3. The molecule has 10 heteroatoms. The molecule has 3 aromatic rings. The molecule has 174 valence electrons. The number of amides is 1. The van der Waals surface area contributed by atoms with Gasteiger partial charge in [0, 0.05) is 5.56 Å². The zero-order chi connectivity index (χ0) is 23.8. The quantitative estimate of drug-likeness (QED) is 0.335. The number of aryl methyl sites for hydroxylation is 1. The van der Waals surface area contributed by atoms with Gasteiger partial charge in [0.25, 0.3) is 5.78 Å². The number of aliphatic hydroxyl groups is 1. The summed E-state index contributed by atoms with van der Waals surface area (Å²) in [6.07, 6.45) is 0. The molecule has 0 unspecified atom stereocenters. The number of aromatic nitrogens is 2. The van der Waals surface area contributed by atoms with E-state index in [4.69, 9.17) is 14.2 Å². The van der Waals surface area contributed by atoms with Gasteiger partial charge in [-0.3, -0.25) is 14.5 Å². The van der Waals surface area contributed by atoms with E-state index in [0.29, 0.717) is 53.2 Å². The van der Waals surface area contributed by atoms with Gasteiger partial charge in [0.05, 0.1) is 18.2 Å². The molecule has 2 aliphatic rings. The fourth-order valence-electron chi connectivity index (χ4n) is 3.99. The molecule has 1 atom stereocenters. The number of benzene rings is 2. The second kappa shape index (κ2) is 8.79. The number of fused-ring (bicyclic) bond motifs is 1. The Balaban J connectivity index is 1.65. The van der Waals surface area contributed by atoms with Crippen molar-refractivity contribution >= 4 is 33.9 Å². The Kier molecular flexibility index (Phi) is 5.66. The third-order valence-corrected chi connectivity index (χ3v) is 6.33. The first-order chi connectivity index (χ1) is 16.5. The Morgan fingerprint density at radius 1 is 1.12 bits per heavy atom. The molecule has 1 fully saturated rings. The summed E-state index contributed by atoms with van der Waals surface area (Å²) < 4.78 is 16.7. The monoisotopic (exact) mass is 479 g/mol. The van der Waals surface area contributed by atoms with Crippen LogP contribution in [0.4, 0.5) is 5.13 Å². The number of anilines is 1. The van der Waals surface area contributed by atoms with Crippen LogP contribution in [0, 0.1) is 6.92 Å². The number of carbonyl (C=O) groups is 2. The average molecular weight is 480 g/mol. The fourth-order valence-corrected chi connectivity index (χ4v) is 4.70. The highest BCUT2D eigenvalue weighted by Gasteiger charge is 2.48. The van der Waals surface area contributed by atoms with Crippen LogP contribution in [-0.2, 0) is 9.59 Å². The predicted octanol–water partition coefficient (Wildman–Crippen LogP) is 3.64. The lowest BCUT2D eigenvalue weighted by atomic mass is 9.95. The Morgan fingerprint density at radius 2 is 1.85 bits per heavy atom. The summed E-state index contributed by atoms with van der Waals surface area (Å²) >= 11 is 1.19. The van der Waals surface area contributed by atoms with Crippen LogP contribution >= 0.6 is 11.3 Å². The second-order valence-electron chi connectivity index (χ2n) is 7.63. The van der Waals surface area contributed by atoms with Crippen LogP contribution in [0.1, 0.15) is 29.1 Å². The van der Waals surface area contributed by atoms with Gasteiger partial charge in [0.15, 0.2) is 11.5 Å². The Labute approximate surface area is 199 Å². The number of Topliss-reactive ketones (excluding diaryl/α,β-unsaturated/α-hetero) is 1. The van der Waals surface area contributed by atoms with Gasteiger partial charge < -0.3 is 19.3 Å². The third-order valence-electron chi connectivity index (χ3n) is 5.49. The van der Waals surface area contributed by atoms with Gasteiger partial charge in [0.1, 0.15) is 29.7 Å². The summed E-state index contributed by atoms with van der Waals surface area (Å²) in [7, 11) is 0. The Morgan fingerprint density at radius 3 is 2.53 bits per heavy atom. The first-order valence-corrected chi connectivity index (χ1v) is 11.5. The highest BCUT2D eigenvalue weighted by molar-refractivity contribution is 7.15. The molecule has 34 heavy (non-hydrogen) atoms. The second-order valence-corrected chi connectivity index (χ2v) is 8.79. The molecule has 1 amide bonds. The number of rotatable bonds is 5. The lowest BCUT2D eigenvalue weighted by Crippen LogP contribution is -2.29. The summed E-state index contributed by atoms with van der Waals surface area (Å²) in [5.74, 6) is -0.231. The SMILES string of the molecule is CCOc1ccc([C@@H]2C(=C(O)c3ccc4c(c3)OCCO4)C(=O)C(=O)N2c2nnc(C)s2)cc1. The summed E-state index contributed by atoms with van der Waals surface area (Å²) in [5.41, 5.74) is 0.917. The summed E-state index contributed by atoms with van der Waals surface area (Å²) in [6, 6.07) is 11.0. The van der Waals surface area contributed by atoms with Gasteiger partial charge in [0.2, 0.25) is 5.13 Å². The predicted molar refractivity (Wildman–Crippen MR) is 124 cm³/mol. The average Bonchev–Trinajstić information content (AvgIpc) is 3.39. The van der Waals surface area contributed by atoms with Crippen LogP contribution in [0.2, 0.25) is 0 Å². The van der Waals surface area contributed by atoms with Crippen LogP contribution in [0.3, 0.4) is 0 Å². The Bertz CT molecular complexity index is 1300. The third kappa shape index (κ3) is 3.75. The van der Waals surface area contributed by atoms with Gasteiger partial charge >= 0.3 is 5.91 Å². The van der Waals surface area contributed by atoms with E-state index >= 15 is 0 Å². The molecule has 0 saturated carbocycles. The van der Waals surface area contributed by atoms with E-state index in [1.165, 1.54) is 16.2 Å². The lowest BCUT2D eigenvalue weighted by Gasteiger charge is -2.23. The molecule has 1 N–H and O–H groups in total. The van der Waals surface area contributed by atoms with Gasteiger partial charge in [-0.2, -0.15) is 0 Å². The van der Waals surface area contributed by atoms with Gasteiger partial charge in [-0.05, 0) is 49.7 Å². The number of hydrogen-bond donors (Lipinski definition) is 1. The van der Waals surface area contributed by atoms with Crippen molar-refractivity contribution in [1.29, 1.82) is 0 Å². The number of hydrogen-bond acceptors (Lipinski definition) is 9. The van der Waals surface area contributed by atoms with Crippen LogP contribution in [0.5, 0.6) is 17.2 Å². The molecule has 0 aliphatic carbocycles. The van der Waals surface area contributed by atoms with Gasteiger partial charge in [-0.1, -0.05) is 23.5 Å². The molecule has 2 aliphatic heterocycles. The van der Waals surface area contributed by atoms with E-state index < -0.39 is 17.7 Å². The largest absolute Gasteiger partial charge is 0.507 e. The fraction of sp³-hybridized carbons (Fsp3) is 0.250. The normalized spacial score (nSPS) is 18.9. The molecular weight excluding hydrogens is 458 g/mol. The van der Waals surface area contributed by atoms with Crippen molar-refractivity contribution in [3.05, 3.63) is 64.2 Å². The number of aliphatic hydroxyl groups excluding tert-OH is 1. The van der Waals surface area contributed by atoms with Crippen molar-refractivity contribution in [2.45, 2.75) is 19.9 Å². The van der Waals surface area contributed by atoms with Crippen LogP contribution < -0.4 is 19.1 Å². The van der Waals surface area contributed by atoms with Crippen LogP contribution in [0.15, 0.2) is 48.0 Å². The van der Waals surface area contributed by atoms with Crippen molar-refractivity contribution in [1.82, 2.24) is 10.2 Å². The molecular formula is C24H21N3O6S. The van der Waals surface area contributed by atoms with E-state index in [9.17, 15) is 14.7 Å². The van der Waals surface area contributed by atoms with Gasteiger partial charge in [-0.25, -0.2) is 0 Å². The van der Waals surface area contributed by atoms with E-state index in [2.05, 4.69) is 10.2 Å². The van der Waals surface area contributed by atoms with E-state index in [0.717, 1.165) is 0 Å². The number of ketones is 1. The maximum absolute atomic E-state index is 13.2. The Hall–Kier alpha value is -3.92. The summed E-state index contributed by atoms with van der Waals surface area (Å²) in [5, 5.41) is 20.3. The summed E-state index contributed by atoms with van der Waals surface area (Å²) in [4.78, 5) is 27.7. The molecule has 9 nitrogen and oxygen atoms in total. The summed E-state index contributed by atoms with van der Waals surface area (Å²) in [6.45, 7) is 4.96. The van der Waals surface area contributed by atoms with Gasteiger partial charge in [-0.15, -0.1) is 10.2 Å². The maximum Gasteiger partial charge on any atom is 0.301 e. The molecule has 1 aromatic heterocycles. The molecule has 1 saturated heterocycles. The molecule has 2 aromatic carbocycles. The minimum atomic E-state index is -0.892. The van der Waals surface area contributed by atoms with Crippen molar-refractivity contribution in [3.63, 3.8) is 0 Å². The minimum absolute atomic E-state index is 0.0429. The first kappa shape index (κ1) is 21.9. The molecule has 5 rings (SSSR count). The standard InChI is InChI=1S/C24H21N3O6S/c1-3-31-16-7-4-14(5-8-16)20-19(22(29)23(30)27(20)24-26-25-13(2)34-24)21(28)15-6-9-17-18(12-15)33-11-10-32-17/h4-9,12,20,28H,3,10-11H2,1-2H3/t20-/m1/s1. The van der Waals surface area contributed by atoms with Crippen molar-refractivity contribution in [2.24, 2.45) is 0 Å². The highest BCUT2D eigenvalue weighted by atomic mass is 32.1. The van der Waals surface area contributed by atoms with Crippen molar-refractivity contribution in [2.75, 3.05) is 24.7 Å². The number of ether oxygens (including phenoxy) is 3. The zero-order valence-electron chi connectivity index (χ0n) is 18.5. The maximum atomic E-state index is 13.2. The first-order valence-electron chi connectivity index (χ1n) is 10.7. The molecule has 3 heterocycles. The molecule has 0 bridgehead atoms. The number of nitrogens with zero attached hydrogens (tertiary/aromatic N) is 3. The number of carbonyl (C=O) groups excluding carboxylic acids is 2. The van der Waals surface area contributed by atoms with E-state index in [1.54, 1.807) is 49.4 Å². The smallest absolute Gasteiger partial charge is 0.301 e. The van der Waals surface area contributed by atoms with Crippen molar-refractivity contribution in [3.8, 4) is 17.2 Å². The van der Waals surface area contributed by atoms with Crippen LogP contribution in [0.25, 0.3) is 5.76 Å². The topological polar surface area (TPSA) is 111 Å². The van der Waals surface area contributed by atoms with E-state index in [-0.39, 0.29) is 16.5 Å². The van der Waals surface area contributed by atoms with E-state index in [1.807, 2.05) is 6.92 Å². The van der Waals surface area contributed by atoms with Crippen LogP contribution in [-0.4, -0.2) is 46.8 Å². The molecule has 0 radical (unpaired) electrons. The molecule has 0 spiro atoms. The minimum Gasteiger partial charge on any atom is -0.507 e. The lowest BCUT2D eigenvalue weighted by molar-refractivity contribution is -0.132. The highest BCUT2D eigenvalue weighted by Crippen LogP contribution is 2.44.